The molecule has 0 saturated heterocycles. The Bertz CT molecular complexity index is 1380. The Morgan fingerprint density at radius 3 is 2.25 bits per heavy atom. The summed E-state index contributed by atoms with van der Waals surface area (Å²) in [6, 6.07) is 13.3. The molecule has 36 heavy (non-hydrogen) atoms. The summed E-state index contributed by atoms with van der Waals surface area (Å²) in [5.74, 6) is -0.0723. The van der Waals surface area contributed by atoms with E-state index in [1.165, 1.54) is 36.0 Å². The number of benzene rings is 1. The number of aromatic nitrogens is 3. The summed E-state index contributed by atoms with van der Waals surface area (Å²) in [5.41, 5.74) is 3.02. The maximum absolute atomic E-state index is 13.0. The van der Waals surface area contributed by atoms with Crippen molar-refractivity contribution < 1.29 is 13.2 Å². The summed E-state index contributed by atoms with van der Waals surface area (Å²) in [6.45, 7) is 9.42. The van der Waals surface area contributed by atoms with Gasteiger partial charge < -0.3 is 5.32 Å². The minimum Gasteiger partial charge on any atom is -0.325 e. The highest BCUT2D eigenvalue weighted by Gasteiger charge is 2.22. The average Bonchev–Trinajstić information content (AvgIpc) is 2.81. The van der Waals surface area contributed by atoms with Crippen LogP contribution in [-0.2, 0) is 14.8 Å². The molecule has 1 aromatic carbocycles. The largest absolute Gasteiger partial charge is 0.325 e. The lowest BCUT2D eigenvalue weighted by atomic mass is 10.1. The third-order valence-corrected chi connectivity index (χ3v) is 7.86. The van der Waals surface area contributed by atoms with E-state index in [1.807, 2.05) is 26.8 Å². The van der Waals surface area contributed by atoms with Crippen LogP contribution in [0.3, 0.4) is 0 Å². The second-order valence-electron chi connectivity index (χ2n) is 8.46. The fourth-order valence-electron chi connectivity index (χ4n) is 3.30. The summed E-state index contributed by atoms with van der Waals surface area (Å²) >= 11 is 1.24. The molecule has 2 aromatic heterocycles. The SMILES string of the molecule is CCC(Sc1nc(C(C)C)ccc1C#N)C(=O)Nc1ccc(S(=O)(=O)Nc2nc(C)cc(C)n2)cc1. The Kier molecular flexibility index (Phi) is 8.66. The number of amides is 1. The Labute approximate surface area is 215 Å². The lowest BCUT2D eigenvalue weighted by molar-refractivity contribution is -0.115. The molecule has 1 amide bonds. The number of hydrogen-bond acceptors (Lipinski definition) is 8. The standard InChI is InChI=1S/C25H28N6O3S2/c1-6-22(35-24-18(14-26)7-12-21(30-24)15(2)3)23(32)29-19-8-10-20(11-9-19)36(33,34)31-25-27-16(4)13-17(5)28-25/h7-13,15,22H,6H2,1-5H3,(H,29,32)(H,27,28,31). The number of thioether (sulfide) groups is 1. The van der Waals surface area contributed by atoms with Gasteiger partial charge in [-0.25, -0.2) is 28.1 Å². The van der Waals surface area contributed by atoms with Gasteiger partial charge in [0.2, 0.25) is 11.9 Å². The van der Waals surface area contributed by atoms with E-state index in [9.17, 15) is 18.5 Å². The Morgan fingerprint density at radius 1 is 1.06 bits per heavy atom. The average molecular weight is 525 g/mol. The van der Waals surface area contributed by atoms with Gasteiger partial charge in [-0.1, -0.05) is 32.5 Å². The van der Waals surface area contributed by atoms with E-state index in [1.54, 1.807) is 26.0 Å². The smallest absolute Gasteiger partial charge is 0.264 e. The maximum Gasteiger partial charge on any atom is 0.264 e. The second kappa shape index (κ2) is 11.5. The van der Waals surface area contributed by atoms with Crippen molar-refractivity contribution in [1.29, 1.82) is 5.26 Å². The lowest BCUT2D eigenvalue weighted by Crippen LogP contribution is -2.25. The number of pyridine rings is 1. The highest BCUT2D eigenvalue weighted by Crippen LogP contribution is 2.29. The second-order valence-corrected chi connectivity index (χ2v) is 11.3. The number of carbonyl (C=O) groups is 1. The first kappa shape index (κ1) is 27.1. The molecule has 0 bridgehead atoms. The fraction of sp³-hybridized carbons (Fsp3) is 0.320. The van der Waals surface area contributed by atoms with Crippen molar-refractivity contribution in [3.63, 3.8) is 0 Å². The molecular weight excluding hydrogens is 496 g/mol. The number of nitrogens with zero attached hydrogens (tertiary/aromatic N) is 4. The summed E-state index contributed by atoms with van der Waals surface area (Å²) in [4.78, 5) is 25.8. The van der Waals surface area contributed by atoms with Crippen LogP contribution in [0.15, 0.2) is 52.4 Å². The molecule has 188 valence electrons. The molecule has 0 saturated carbocycles. The Balaban J connectivity index is 1.72. The van der Waals surface area contributed by atoms with Gasteiger partial charge in [0.1, 0.15) is 11.1 Å². The number of nitrogens with one attached hydrogen (secondary N) is 2. The van der Waals surface area contributed by atoms with Crippen LogP contribution in [0.4, 0.5) is 11.6 Å². The van der Waals surface area contributed by atoms with Gasteiger partial charge >= 0.3 is 0 Å². The zero-order valence-corrected chi connectivity index (χ0v) is 22.4. The van der Waals surface area contributed by atoms with Gasteiger partial charge in [-0.15, -0.1) is 0 Å². The molecular formula is C25H28N6O3S2. The van der Waals surface area contributed by atoms with Gasteiger partial charge in [-0.2, -0.15) is 5.26 Å². The quantitative estimate of drug-likeness (QED) is 0.381. The molecule has 3 aromatic rings. The maximum atomic E-state index is 13.0. The van der Waals surface area contributed by atoms with Crippen LogP contribution in [-0.4, -0.2) is 34.5 Å². The highest BCUT2D eigenvalue weighted by atomic mass is 32.2. The number of aryl methyl sites for hydroxylation is 2. The van der Waals surface area contributed by atoms with Crippen LogP contribution in [0.2, 0.25) is 0 Å². The lowest BCUT2D eigenvalue weighted by Gasteiger charge is -2.16. The number of hydrogen-bond donors (Lipinski definition) is 2. The number of sulfonamides is 1. The van der Waals surface area contributed by atoms with Crippen molar-refractivity contribution >= 4 is 39.3 Å². The topological polar surface area (TPSA) is 138 Å². The van der Waals surface area contributed by atoms with Crippen LogP contribution in [0.25, 0.3) is 0 Å². The van der Waals surface area contributed by atoms with Gasteiger partial charge in [0, 0.05) is 22.8 Å². The van der Waals surface area contributed by atoms with E-state index in [0.29, 0.717) is 34.1 Å². The molecule has 1 atom stereocenters. The molecule has 0 spiro atoms. The number of carbonyl (C=O) groups excluding carboxylic acids is 1. The van der Waals surface area contributed by atoms with E-state index in [4.69, 9.17) is 0 Å². The fourth-order valence-corrected chi connectivity index (χ4v) is 5.24. The van der Waals surface area contributed by atoms with Crippen LogP contribution in [0.5, 0.6) is 0 Å². The first-order valence-corrected chi connectivity index (χ1v) is 13.7. The third-order valence-electron chi connectivity index (χ3n) is 5.15. The van der Waals surface area contributed by atoms with Crippen LogP contribution in [0.1, 0.15) is 55.8 Å². The van der Waals surface area contributed by atoms with E-state index >= 15 is 0 Å². The molecule has 0 fully saturated rings. The molecule has 11 heteroatoms. The van der Waals surface area contributed by atoms with Gasteiger partial charge in [0.15, 0.2) is 0 Å². The Morgan fingerprint density at radius 2 is 1.69 bits per heavy atom. The van der Waals surface area contributed by atoms with Crippen LogP contribution >= 0.6 is 11.8 Å². The molecule has 0 aliphatic carbocycles. The van der Waals surface area contributed by atoms with Crippen LogP contribution < -0.4 is 10.0 Å². The molecule has 2 N–H and O–H groups in total. The van der Waals surface area contributed by atoms with Gasteiger partial charge in [0.05, 0.1) is 15.7 Å². The Hall–Kier alpha value is -3.49. The van der Waals surface area contributed by atoms with Crippen molar-refractivity contribution in [2.45, 2.75) is 62.1 Å². The molecule has 1 unspecified atom stereocenters. The van der Waals surface area contributed by atoms with Crippen molar-refractivity contribution in [1.82, 2.24) is 15.0 Å². The zero-order chi connectivity index (χ0) is 26.5. The first-order chi connectivity index (χ1) is 17.0. The van der Waals surface area contributed by atoms with Crippen molar-refractivity contribution in [2.75, 3.05) is 10.0 Å². The third kappa shape index (κ3) is 6.80. The van der Waals surface area contributed by atoms with E-state index in [0.717, 1.165) is 5.69 Å². The van der Waals surface area contributed by atoms with Crippen LogP contribution in [0, 0.1) is 25.2 Å². The molecule has 0 aliphatic rings. The monoisotopic (exact) mass is 524 g/mol. The summed E-state index contributed by atoms with van der Waals surface area (Å²) in [7, 11) is -3.90. The molecule has 0 aliphatic heterocycles. The summed E-state index contributed by atoms with van der Waals surface area (Å²) < 4.78 is 27.9. The normalized spacial score (nSPS) is 12.1. The zero-order valence-electron chi connectivity index (χ0n) is 20.7. The molecule has 3 rings (SSSR count). The first-order valence-electron chi connectivity index (χ1n) is 11.4. The molecule has 9 nitrogen and oxygen atoms in total. The predicted molar refractivity (Wildman–Crippen MR) is 140 cm³/mol. The van der Waals surface area contributed by atoms with Crippen molar-refractivity contribution in [3.8, 4) is 6.07 Å². The van der Waals surface area contributed by atoms with Crippen molar-refractivity contribution in [3.05, 3.63) is 65.1 Å². The minimum absolute atomic E-state index is 0.000393. The van der Waals surface area contributed by atoms with E-state index in [-0.39, 0.29) is 22.7 Å². The van der Waals surface area contributed by atoms with Gasteiger partial charge in [-0.05, 0) is 68.7 Å². The van der Waals surface area contributed by atoms with Gasteiger partial charge in [-0.3, -0.25) is 4.79 Å². The van der Waals surface area contributed by atoms with Crippen molar-refractivity contribution in [2.24, 2.45) is 0 Å². The number of rotatable bonds is 9. The highest BCUT2D eigenvalue weighted by molar-refractivity contribution is 8.00. The number of nitriles is 1. The van der Waals surface area contributed by atoms with E-state index in [2.05, 4.69) is 31.1 Å². The van der Waals surface area contributed by atoms with E-state index < -0.39 is 15.3 Å². The molecule has 0 radical (unpaired) electrons. The number of anilines is 2. The summed E-state index contributed by atoms with van der Waals surface area (Å²) in [6.07, 6.45) is 0.515. The molecule has 2 heterocycles. The van der Waals surface area contributed by atoms with Gasteiger partial charge in [0.25, 0.3) is 10.0 Å². The predicted octanol–water partition coefficient (Wildman–Crippen LogP) is 4.79. The minimum atomic E-state index is -3.90. The summed E-state index contributed by atoms with van der Waals surface area (Å²) in [5, 5.41) is 12.3.